The van der Waals surface area contributed by atoms with Crippen LogP contribution in [-0.4, -0.2) is 48.6 Å². The van der Waals surface area contributed by atoms with Crippen LogP contribution in [0.4, 0.5) is 0 Å². The van der Waals surface area contributed by atoms with Gasteiger partial charge in [0.05, 0.1) is 26.1 Å². The molecule has 0 rings (SSSR count). The lowest BCUT2D eigenvalue weighted by Gasteiger charge is -2.07. The standard InChI is InChI=1S/C18H28O6/c1-2-16(9-5-7-15-24-18(22)11-13-20)8-4-3-6-14-23-17(21)10-12-19/h2-3,5-7,16,19-20H,1,4,8-15H2/b6-3+,7-5-. The lowest BCUT2D eigenvalue weighted by Crippen LogP contribution is -2.06. The summed E-state index contributed by atoms with van der Waals surface area (Å²) in [7, 11) is 0. The van der Waals surface area contributed by atoms with Crippen LogP contribution in [0, 0.1) is 5.92 Å². The fourth-order valence-corrected chi connectivity index (χ4v) is 1.78. The van der Waals surface area contributed by atoms with Crippen molar-refractivity contribution in [3.63, 3.8) is 0 Å². The van der Waals surface area contributed by atoms with Gasteiger partial charge in [0.25, 0.3) is 0 Å². The minimum Gasteiger partial charge on any atom is -0.461 e. The zero-order valence-electron chi connectivity index (χ0n) is 14.1. The summed E-state index contributed by atoms with van der Waals surface area (Å²) >= 11 is 0. The van der Waals surface area contributed by atoms with Crippen LogP contribution in [0.25, 0.3) is 0 Å². The fraction of sp³-hybridized carbons (Fsp3) is 0.556. The lowest BCUT2D eigenvalue weighted by molar-refractivity contribution is -0.144. The molecular weight excluding hydrogens is 312 g/mol. The first-order valence-electron chi connectivity index (χ1n) is 8.09. The smallest absolute Gasteiger partial charge is 0.308 e. The van der Waals surface area contributed by atoms with Gasteiger partial charge in [-0.2, -0.15) is 0 Å². The Balaban J connectivity index is 3.77. The van der Waals surface area contributed by atoms with E-state index in [-0.39, 0.29) is 39.3 Å². The molecule has 0 aliphatic rings. The van der Waals surface area contributed by atoms with E-state index in [2.05, 4.69) is 6.58 Å². The van der Waals surface area contributed by atoms with Crippen LogP contribution in [0.15, 0.2) is 37.0 Å². The van der Waals surface area contributed by atoms with Crippen molar-refractivity contribution in [2.24, 2.45) is 5.92 Å². The highest BCUT2D eigenvalue weighted by Crippen LogP contribution is 2.13. The Kier molecular flexibility index (Phi) is 14.7. The Morgan fingerprint density at radius 1 is 0.917 bits per heavy atom. The van der Waals surface area contributed by atoms with Crippen molar-refractivity contribution in [3.05, 3.63) is 37.0 Å². The number of aliphatic hydroxyl groups is 2. The zero-order chi connectivity index (χ0) is 18.0. The molecule has 0 bridgehead atoms. The van der Waals surface area contributed by atoms with E-state index >= 15 is 0 Å². The van der Waals surface area contributed by atoms with Crippen molar-refractivity contribution in [2.45, 2.75) is 32.1 Å². The van der Waals surface area contributed by atoms with Crippen LogP contribution in [-0.2, 0) is 19.1 Å². The van der Waals surface area contributed by atoms with Gasteiger partial charge < -0.3 is 19.7 Å². The van der Waals surface area contributed by atoms with E-state index in [1.54, 1.807) is 12.2 Å². The molecule has 0 spiro atoms. The summed E-state index contributed by atoms with van der Waals surface area (Å²) in [4.78, 5) is 22.0. The van der Waals surface area contributed by atoms with Crippen molar-refractivity contribution in [1.29, 1.82) is 0 Å². The molecule has 136 valence electrons. The number of allylic oxidation sites excluding steroid dienone is 3. The largest absolute Gasteiger partial charge is 0.461 e. The summed E-state index contributed by atoms with van der Waals surface area (Å²) in [6.45, 7) is 3.84. The van der Waals surface area contributed by atoms with E-state index in [0.29, 0.717) is 5.92 Å². The first-order chi connectivity index (χ1) is 11.6. The summed E-state index contributed by atoms with van der Waals surface area (Å²) < 4.78 is 9.75. The predicted octanol–water partition coefficient (Wildman–Crippen LogP) is 1.92. The molecule has 0 radical (unpaired) electrons. The Morgan fingerprint density at radius 2 is 1.46 bits per heavy atom. The monoisotopic (exact) mass is 340 g/mol. The normalized spacial score (nSPS) is 12.4. The molecule has 6 heteroatoms. The molecule has 0 aliphatic heterocycles. The third kappa shape index (κ3) is 13.7. The van der Waals surface area contributed by atoms with Gasteiger partial charge in [-0.3, -0.25) is 9.59 Å². The third-order valence-corrected chi connectivity index (χ3v) is 3.12. The maximum atomic E-state index is 11.0. The van der Waals surface area contributed by atoms with Crippen LogP contribution in [0.2, 0.25) is 0 Å². The van der Waals surface area contributed by atoms with Gasteiger partial charge in [-0.1, -0.05) is 30.4 Å². The number of hydrogen-bond donors (Lipinski definition) is 2. The number of carbonyl (C=O) groups excluding carboxylic acids is 2. The summed E-state index contributed by atoms with van der Waals surface area (Å²) in [5.41, 5.74) is 0. The second-order valence-electron chi connectivity index (χ2n) is 5.06. The van der Waals surface area contributed by atoms with Crippen LogP contribution in [0.5, 0.6) is 0 Å². The summed E-state index contributed by atoms with van der Waals surface area (Å²) in [5.74, 6) is -0.501. The molecule has 1 unspecified atom stereocenters. The SMILES string of the molecule is C=CC(C/C=C\COC(=O)CCO)CC/C=C/COC(=O)CCO. The maximum absolute atomic E-state index is 11.0. The van der Waals surface area contributed by atoms with Gasteiger partial charge in [-0.15, -0.1) is 6.58 Å². The molecule has 6 nitrogen and oxygen atoms in total. The minimum atomic E-state index is -0.410. The highest BCUT2D eigenvalue weighted by Gasteiger charge is 2.02. The minimum absolute atomic E-state index is 0.0186. The second-order valence-corrected chi connectivity index (χ2v) is 5.06. The molecule has 0 saturated heterocycles. The lowest BCUT2D eigenvalue weighted by atomic mass is 9.99. The van der Waals surface area contributed by atoms with Crippen LogP contribution >= 0.6 is 0 Å². The average molecular weight is 340 g/mol. The van der Waals surface area contributed by atoms with Crippen LogP contribution < -0.4 is 0 Å². The van der Waals surface area contributed by atoms with Gasteiger partial charge in [-0.05, 0) is 25.2 Å². The third-order valence-electron chi connectivity index (χ3n) is 3.12. The van der Waals surface area contributed by atoms with Gasteiger partial charge >= 0.3 is 11.9 Å². The van der Waals surface area contributed by atoms with Crippen molar-refractivity contribution in [1.82, 2.24) is 0 Å². The topological polar surface area (TPSA) is 93.1 Å². The number of hydrogen-bond acceptors (Lipinski definition) is 6. The Labute approximate surface area is 143 Å². The van der Waals surface area contributed by atoms with Gasteiger partial charge in [-0.25, -0.2) is 0 Å². The van der Waals surface area contributed by atoms with E-state index in [1.165, 1.54) is 0 Å². The van der Waals surface area contributed by atoms with Crippen molar-refractivity contribution >= 4 is 11.9 Å². The number of aliphatic hydroxyl groups excluding tert-OH is 2. The van der Waals surface area contributed by atoms with Crippen LogP contribution in [0.1, 0.15) is 32.1 Å². The van der Waals surface area contributed by atoms with E-state index in [9.17, 15) is 9.59 Å². The number of ether oxygens (including phenoxy) is 2. The van der Waals surface area contributed by atoms with Crippen molar-refractivity contribution < 1.29 is 29.3 Å². The predicted molar refractivity (Wildman–Crippen MR) is 91.1 cm³/mol. The molecule has 0 heterocycles. The summed E-state index contributed by atoms with van der Waals surface area (Å²) in [5, 5.41) is 17.1. The Morgan fingerprint density at radius 3 is 1.96 bits per heavy atom. The summed E-state index contributed by atoms with van der Waals surface area (Å²) in [6.07, 6.45) is 11.9. The van der Waals surface area contributed by atoms with E-state index < -0.39 is 11.9 Å². The van der Waals surface area contributed by atoms with Gasteiger partial charge in [0.15, 0.2) is 0 Å². The molecule has 2 N–H and O–H groups in total. The van der Waals surface area contributed by atoms with E-state index in [1.807, 2.05) is 18.2 Å². The molecule has 0 amide bonds. The van der Waals surface area contributed by atoms with Gasteiger partial charge in [0.1, 0.15) is 13.2 Å². The molecule has 1 atom stereocenters. The zero-order valence-corrected chi connectivity index (χ0v) is 14.1. The quantitative estimate of drug-likeness (QED) is 0.371. The maximum Gasteiger partial charge on any atom is 0.308 e. The highest BCUT2D eigenvalue weighted by atomic mass is 16.5. The van der Waals surface area contributed by atoms with Crippen LogP contribution in [0.3, 0.4) is 0 Å². The molecule has 0 aromatic rings. The number of rotatable bonds is 14. The molecule has 0 aromatic heterocycles. The average Bonchev–Trinajstić information content (AvgIpc) is 2.56. The van der Waals surface area contributed by atoms with Crippen molar-refractivity contribution in [2.75, 3.05) is 26.4 Å². The second kappa shape index (κ2) is 16.0. The summed E-state index contributed by atoms with van der Waals surface area (Å²) in [6, 6.07) is 0. The van der Waals surface area contributed by atoms with Gasteiger partial charge in [0, 0.05) is 0 Å². The van der Waals surface area contributed by atoms with E-state index in [4.69, 9.17) is 19.7 Å². The fourth-order valence-electron chi connectivity index (χ4n) is 1.78. The molecule has 0 aliphatic carbocycles. The highest BCUT2D eigenvalue weighted by molar-refractivity contribution is 5.69. The Hall–Kier alpha value is -1.92. The number of esters is 2. The molecule has 0 fully saturated rings. The van der Waals surface area contributed by atoms with Crippen molar-refractivity contribution in [3.8, 4) is 0 Å². The van der Waals surface area contributed by atoms with E-state index in [0.717, 1.165) is 19.3 Å². The molecule has 24 heavy (non-hydrogen) atoms. The first kappa shape index (κ1) is 22.1. The first-order valence-corrected chi connectivity index (χ1v) is 8.09. The molecule has 0 saturated carbocycles. The van der Waals surface area contributed by atoms with Gasteiger partial charge in [0.2, 0.25) is 0 Å². The Bertz CT molecular complexity index is 414. The molecular formula is C18H28O6. The molecule has 0 aromatic carbocycles. The number of carbonyl (C=O) groups is 2.